The molecule has 0 aliphatic carbocycles. The van der Waals surface area contributed by atoms with E-state index in [9.17, 15) is 18.0 Å². The number of hydrogen-bond donors (Lipinski definition) is 2. The van der Waals surface area contributed by atoms with Crippen molar-refractivity contribution in [2.24, 2.45) is 0 Å². The normalized spacial score (nSPS) is 24.4. The second-order valence-electron chi connectivity index (χ2n) is 3.92. The van der Waals surface area contributed by atoms with E-state index in [1.54, 1.807) is 0 Å². The molecule has 1 saturated heterocycles. The number of ether oxygens (including phenoxy) is 1. The van der Waals surface area contributed by atoms with Gasteiger partial charge in [-0.1, -0.05) is 0 Å². The SMILES string of the molecule is CC(CC1CNC(=O)O1)(C(=O)O)S(C)(=O)=O. The molecule has 16 heavy (non-hydrogen) atoms. The van der Waals surface area contributed by atoms with Gasteiger partial charge in [0.25, 0.3) is 0 Å². The summed E-state index contributed by atoms with van der Waals surface area (Å²) in [4.78, 5) is 21.7. The van der Waals surface area contributed by atoms with Gasteiger partial charge in [0.1, 0.15) is 6.10 Å². The summed E-state index contributed by atoms with van der Waals surface area (Å²) >= 11 is 0. The maximum absolute atomic E-state index is 11.4. The van der Waals surface area contributed by atoms with Gasteiger partial charge in [-0.05, 0) is 6.92 Å². The highest BCUT2D eigenvalue weighted by molar-refractivity contribution is 7.92. The molecular formula is C8H13NO6S. The molecule has 0 saturated carbocycles. The highest BCUT2D eigenvalue weighted by atomic mass is 32.2. The molecule has 0 spiro atoms. The molecular weight excluding hydrogens is 238 g/mol. The number of nitrogens with one attached hydrogen (secondary N) is 1. The monoisotopic (exact) mass is 251 g/mol. The van der Waals surface area contributed by atoms with E-state index in [4.69, 9.17) is 9.84 Å². The molecule has 0 aromatic carbocycles. The van der Waals surface area contributed by atoms with Gasteiger partial charge in [0.15, 0.2) is 14.6 Å². The molecule has 2 unspecified atom stereocenters. The van der Waals surface area contributed by atoms with Crippen LogP contribution in [0.4, 0.5) is 4.79 Å². The van der Waals surface area contributed by atoms with E-state index >= 15 is 0 Å². The van der Waals surface area contributed by atoms with Crippen molar-refractivity contribution in [3.05, 3.63) is 0 Å². The number of aliphatic carboxylic acids is 1. The molecule has 1 aliphatic rings. The van der Waals surface area contributed by atoms with Crippen LogP contribution >= 0.6 is 0 Å². The van der Waals surface area contributed by atoms with Crippen molar-refractivity contribution in [1.29, 1.82) is 0 Å². The summed E-state index contributed by atoms with van der Waals surface area (Å²) < 4.78 is 25.6. The first-order chi connectivity index (χ1) is 7.17. The number of carboxylic acid groups (broad SMARTS) is 1. The van der Waals surface area contributed by atoms with Crippen molar-refractivity contribution in [2.45, 2.75) is 24.2 Å². The summed E-state index contributed by atoms with van der Waals surface area (Å²) in [5.41, 5.74) is 0. The van der Waals surface area contributed by atoms with Gasteiger partial charge in [0, 0.05) is 12.7 Å². The van der Waals surface area contributed by atoms with Crippen LogP contribution in [0, 0.1) is 0 Å². The quantitative estimate of drug-likeness (QED) is 0.688. The number of sulfone groups is 1. The Morgan fingerprint density at radius 1 is 1.69 bits per heavy atom. The number of rotatable bonds is 4. The standard InChI is InChI=1S/C8H13NO6S/c1-8(6(10)11,16(2,13)14)3-5-4-9-7(12)15-5/h5H,3-4H2,1-2H3,(H,9,12)(H,10,11). The molecule has 1 aliphatic heterocycles. The maximum atomic E-state index is 11.4. The number of carbonyl (C=O) groups excluding carboxylic acids is 1. The highest BCUT2D eigenvalue weighted by Crippen LogP contribution is 2.25. The minimum Gasteiger partial charge on any atom is -0.480 e. The Hall–Kier alpha value is -1.31. The van der Waals surface area contributed by atoms with Crippen molar-refractivity contribution < 1.29 is 27.9 Å². The van der Waals surface area contributed by atoms with E-state index in [0.717, 1.165) is 13.2 Å². The van der Waals surface area contributed by atoms with Gasteiger partial charge >= 0.3 is 12.1 Å². The number of amides is 1. The van der Waals surface area contributed by atoms with Crippen LogP contribution in [-0.4, -0.2) is 49.2 Å². The fourth-order valence-electron chi connectivity index (χ4n) is 1.38. The van der Waals surface area contributed by atoms with Gasteiger partial charge in [-0.3, -0.25) is 4.79 Å². The Morgan fingerprint density at radius 2 is 2.25 bits per heavy atom. The smallest absolute Gasteiger partial charge is 0.407 e. The van der Waals surface area contributed by atoms with E-state index in [2.05, 4.69) is 5.32 Å². The Balaban J connectivity index is 2.89. The third kappa shape index (κ3) is 2.26. The van der Waals surface area contributed by atoms with E-state index in [-0.39, 0.29) is 13.0 Å². The number of cyclic esters (lactones) is 1. The fraction of sp³-hybridized carbons (Fsp3) is 0.750. The zero-order chi connectivity index (χ0) is 12.6. The van der Waals surface area contributed by atoms with Gasteiger partial charge in [0.05, 0.1) is 6.54 Å². The van der Waals surface area contributed by atoms with Crippen molar-refractivity contribution in [3.63, 3.8) is 0 Å². The van der Waals surface area contributed by atoms with Gasteiger partial charge in [-0.15, -0.1) is 0 Å². The predicted molar refractivity (Wildman–Crippen MR) is 53.8 cm³/mol. The molecule has 2 atom stereocenters. The van der Waals surface area contributed by atoms with E-state index in [0.29, 0.717) is 0 Å². The number of alkyl carbamates (subject to hydrolysis) is 1. The molecule has 1 amide bonds. The Labute approximate surface area is 92.7 Å². The van der Waals surface area contributed by atoms with Crippen LogP contribution in [0.1, 0.15) is 13.3 Å². The molecule has 1 rings (SSSR count). The first-order valence-corrected chi connectivity index (χ1v) is 6.43. The van der Waals surface area contributed by atoms with Gasteiger partial charge in [0.2, 0.25) is 0 Å². The average molecular weight is 251 g/mol. The lowest BCUT2D eigenvalue weighted by Crippen LogP contribution is -2.46. The lowest BCUT2D eigenvalue weighted by atomic mass is 10.0. The summed E-state index contributed by atoms with van der Waals surface area (Å²) in [5, 5.41) is 11.3. The third-order valence-electron chi connectivity index (χ3n) is 2.64. The first-order valence-electron chi connectivity index (χ1n) is 4.54. The van der Waals surface area contributed by atoms with Crippen LogP contribution in [0.5, 0.6) is 0 Å². The second-order valence-corrected chi connectivity index (χ2v) is 6.37. The third-order valence-corrected chi connectivity index (χ3v) is 4.61. The van der Waals surface area contributed by atoms with Gasteiger partial charge in [-0.2, -0.15) is 0 Å². The van der Waals surface area contributed by atoms with E-state index in [1.165, 1.54) is 0 Å². The highest BCUT2D eigenvalue weighted by Gasteiger charge is 2.47. The Morgan fingerprint density at radius 3 is 2.56 bits per heavy atom. The topological polar surface area (TPSA) is 110 Å². The van der Waals surface area contributed by atoms with Gasteiger partial charge in [-0.25, -0.2) is 13.2 Å². The van der Waals surface area contributed by atoms with Crippen LogP contribution in [0.25, 0.3) is 0 Å². The minimum absolute atomic E-state index is 0.122. The predicted octanol–water partition coefficient (Wildman–Crippen LogP) is -0.627. The number of carbonyl (C=O) groups is 2. The van der Waals surface area contributed by atoms with Crippen LogP contribution in [0.3, 0.4) is 0 Å². The summed E-state index contributed by atoms with van der Waals surface area (Å²) in [6.07, 6.45) is -0.805. The zero-order valence-electron chi connectivity index (χ0n) is 8.89. The Bertz CT molecular complexity index is 416. The summed E-state index contributed by atoms with van der Waals surface area (Å²) in [6, 6.07) is 0. The van der Waals surface area contributed by atoms with Crippen molar-refractivity contribution in [3.8, 4) is 0 Å². The summed E-state index contributed by atoms with van der Waals surface area (Å²) in [7, 11) is -3.79. The van der Waals surface area contributed by atoms with Crippen LogP contribution in [0.15, 0.2) is 0 Å². The van der Waals surface area contributed by atoms with Crippen LogP contribution in [-0.2, 0) is 19.4 Å². The van der Waals surface area contributed by atoms with E-state index in [1.807, 2.05) is 0 Å². The molecule has 8 heteroatoms. The zero-order valence-corrected chi connectivity index (χ0v) is 9.70. The molecule has 0 radical (unpaired) electrons. The van der Waals surface area contributed by atoms with Crippen molar-refractivity contribution in [1.82, 2.24) is 5.32 Å². The summed E-state index contributed by atoms with van der Waals surface area (Å²) in [5.74, 6) is -1.45. The number of carboxylic acids is 1. The lowest BCUT2D eigenvalue weighted by molar-refractivity contribution is -0.140. The van der Waals surface area contributed by atoms with Crippen LogP contribution < -0.4 is 5.32 Å². The Kier molecular flexibility index (Phi) is 3.13. The first kappa shape index (κ1) is 12.8. The molecule has 1 heterocycles. The summed E-state index contributed by atoms with van der Waals surface area (Å²) in [6.45, 7) is 1.23. The number of hydrogen-bond acceptors (Lipinski definition) is 5. The molecule has 2 N–H and O–H groups in total. The van der Waals surface area contributed by atoms with Gasteiger partial charge < -0.3 is 15.2 Å². The minimum atomic E-state index is -3.79. The largest absolute Gasteiger partial charge is 0.480 e. The lowest BCUT2D eigenvalue weighted by Gasteiger charge is -2.24. The molecule has 1 fully saturated rings. The van der Waals surface area contributed by atoms with Crippen molar-refractivity contribution in [2.75, 3.05) is 12.8 Å². The average Bonchev–Trinajstić information content (AvgIpc) is 2.48. The maximum Gasteiger partial charge on any atom is 0.407 e. The van der Waals surface area contributed by atoms with Crippen molar-refractivity contribution >= 4 is 21.9 Å². The fourth-order valence-corrected chi connectivity index (χ4v) is 2.18. The molecule has 92 valence electrons. The molecule has 0 aromatic heterocycles. The van der Waals surface area contributed by atoms with Crippen LogP contribution in [0.2, 0.25) is 0 Å². The molecule has 0 bridgehead atoms. The second kappa shape index (κ2) is 3.93. The molecule has 7 nitrogen and oxygen atoms in total. The molecule has 0 aromatic rings. The van der Waals surface area contributed by atoms with E-state index < -0.39 is 32.8 Å².